The molecule has 1 aromatic rings. The fraction of sp³-hybridized carbons (Fsp3) is 0.625. The highest BCUT2D eigenvalue weighted by Crippen LogP contribution is 2.22. The van der Waals surface area contributed by atoms with Crippen molar-refractivity contribution in [2.24, 2.45) is 0 Å². The summed E-state index contributed by atoms with van der Waals surface area (Å²) >= 11 is 0. The Kier molecular flexibility index (Phi) is 8.98. The van der Waals surface area contributed by atoms with Crippen molar-refractivity contribution in [2.45, 2.75) is 26.3 Å². The number of hydrogen-bond acceptors (Lipinski definition) is 4. The quantitative estimate of drug-likeness (QED) is 0.615. The average molecular weight is 298 g/mol. The van der Waals surface area contributed by atoms with Gasteiger partial charge in [0.15, 0.2) is 0 Å². The van der Waals surface area contributed by atoms with Crippen molar-refractivity contribution in [2.75, 3.05) is 44.9 Å². The lowest BCUT2D eigenvalue weighted by Gasteiger charge is -2.26. The third-order valence-electron chi connectivity index (χ3n) is 3.33. The van der Waals surface area contributed by atoms with Crippen LogP contribution in [0.15, 0.2) is 18.2 Å². The number of benzene rings is 1. The number of nitrogens with one attached hydrogen (secondary N) is 1. The number of halogens is 1. The van der Waals surface area contributed by atoms with Gasteiger partial charge in [-0.3, -0.25) is 0 Å². The standard InChI is InChI=1S/C16H27FN2O2/c1-3-4-8-19(9-10-20)16-6-5-15(17)12-14(16)13-18-7-11-21-2/h5-6,12,18,20H,3-4,7-11,13H2,1-2H3. The topological polar surface area (TPSA) is 44.7 Å². The summed E-state index contributed by atoms with van der Waals surface area (Å²) in [5.74, 6) is -0.235. The summed E-state index contributed by atoms with van der Waals surface area (Å²) in [7, 11) is 1.66. The van der Waals surface area contributed by atoms with Crippen LogP contribution in [0, 0.1) is 5.82 Å². The van der Waals surface area contributed by atoms with Gasteiger partial charge in [0.1, 0.15) is 5.82 Å². The summed E-state index contributed by atoms with van der Waals surface area (Å²) in [6.07, 6.45) is 2.14. The maximum atomic E-state index is 13.5. The molecule has 5 heteroatoms. The van der Waals surface area contributed by atoms with E-state index in [1.807, 2.05) is 0 Å². The first-order valence-corrected chi connectivity index (χ1v) is 7.56. The molecule has 0 atom stereocenters. The van der Waals surface area contributed by atoms with Crippen molar-refractivity contribution in [1.82, 2.24) is 5.32 Å². The van der Waals surface area contributed by atoms with Crippen molar-refractivity contribution >= 4 is 5.69 Å². The molecule has 1 aromatic carbocycles. The van der Waals surface area contributed by atoms with Crippen LogP contribution in [-0.2, 0) is 11.3 Å². The molecule has 4 nitrogen and oxygen atoms in total. The van der Waals surface area contributed by atoms with E-state index in [1.165, 1.54) is 6.07 Å². The van der Waals surface area contributed by atoms with Crippen molar-refractivity contribution in [1.29, 1.82) is 0 Å². The molecule has 0 unspecified atom stereocenters. The normalized spacial score (nSPS) is 10.9. The molecule has 0 spiro atoms. The van der Waals surface area contributed by atoms with Crippen molar-refractivity contribution in [3.63, 3.8) is 0 Å². The molecular formula is C16H27FN2O2. The van der Waals surface area contributed by atoms with Crippen LogP contribution in [0.4, 0.5) is 10.1 Å². The molecule has 0 amide bonds. The fourth-order valence-corrected chi connectivity index (χ4v) is 2.22. The van der Waals surface area contributed by atoms with Gasteiger partial charge in [-0.15, -0.1) is 0 Å². The third kappa shape index (κ3) is 6.42. The minimum Gasteiger partial charge on any atom is -0.395 e. The highest BCUT2D eigenvalue weighted by Gasteiger charge is 2.11. The Morgan fingerprint density at radius 1 is 1.33 bits per heavy atom. The summed E-state index contributed by atoms with van der Waals surface area (Å²) in [5, 5.41) is 12.5. The van der Waals surface area contributed by atoms with Crippen LogP contribution < -0.4 is 10.2 Å². The Morgan fingerprint density at radius 2 is 2.14 bits per heavy atom. The number of anilines is 1. The number of unbranched alkanes of at least 4 members (excludes halogenated alkanes) is 1. The number of hydrogen-bond donors (Lipinski definition) is 2. The zero-order chi connectivity index (χ0) is 15.5. The molecule has 0 aliphatic rings. The smallest absolute Gasteiger partial charge is 0.123 e. The Hall–Kier alpha value is -1.17. The lowest BCUT2D eigenvalue weighted by Crippen LogP contribution is -2.30. The number of methoxy groups -OCH3 is 1. The molecule has 120 valence electrons. The lowest BCUT2D eigenvalue weighted by molar-refractivity contribution is 0.199. The van der Waals surface area contributed by atoms with Gasteiger partial charge >= 0.3 is 0 Å². The molecule has 0 radical (unpaired) electrons. The van der Waals surface area contributed by atoms with Gasteiger partial charge in [0.2, 0.25) is 0 Å². The number of ether oxygens (including phenoxy) is 1. The van der Waals surface area contributed by atoms with Crippen LogP contribution in [-0.4, -0.2) is 45.1 Å². The van der Waals surface area contributed by atoms with E-state index in [2.05, 4.69) is 17.1 Å². The van der Waals surface area contributed by atoms with Gasteiger partial charge in [-0.2, -0.15) is 0 Å². The molecule has 2 N–H and O–H groups in total. The minimum absolute atomic E-state index is 0.0949. The minimum atomic E-state index is -0.235. The monoisotopic (exact) mass is 298 g/mol. The van der Waals surface area contributed by atoms with E-state index in [4.69, 9.17) is 4.74 Å². The molecule has 0 bridgehead atoms. The van der Waals surface area contributed by atoms with Crippen molar-refractivity contribution < 1.29 is 14.2 Å². The zero-order valence-electron chi connectivity index (χ0n) is 13.1. The molecule has 1 rings (SSSR count). The summed E-state index contributed by atoms with van der Waals surface area (Å²) in [6.45, 7) is 5.60. The number of nitrogens with zero attached hydrogens (tertiary/aromatic N) is 1. The Labute approximate surface area is 126 Å². The van der Waals surface area contributed by atoms with E-state index >= 15 is 0 Å². The van der Waals surface area contributed by atoms with Gasteiger partial charge in [-0.1, -0.05) is 13.3 Å². The second kappa shape index (κ2) is 10.5. The maximum absolute atomic E-state index is 13.5. The highest BCUT2D eigenvalue weighted by atomic mass is 19.1. The van der Waals surface area contributed by atoms with Gasteiger partial charge < -0.3 is 20.1 Å². The van der Waals surface area contributed by atoms with E-state index in [-0.39, 0.29) is 12.4 Å². The fourth-order valence-electron chi connectivity index (χ4n) is 2.22. The number of aliphatic hydroxyl groups is 1. The second-order valence-electron chi connectivity index (χ2n) is 5.01. The van der Waals surface area contributed by atoms with Crippen LogP contribution in [0.25, 0.3) is 0 Å². The lowest BCUT2D eigenvalue weighted by atomic mass is 10.1. The largest absolute Gasteiger partial charge is 0.395 e. The van der Waals surface area contributed by atoms with Gasteiger partial charge in [0, 0.05) is 39.0 Å². The summed E-state index contributed by atoms with van der Waals surface area (Å²) in [4.78, 5) is 2.12. The summed E-state index contributed by atoms with van der Waals surface area (Å²) in [5.41, 5.74) is 1.90. The predicted octanol–water partition coefficient (Wildman–Crippen LogP) is 2.16. The number of rotatable bonds is 11. The van der Waals surface area contributed by atoms with E-state index in [1.54, 1.807) is 19.2 Å². The first-order valence-electron chi connectivity index (χ1n) is 7.56. The van der Waals surface area contributed by atoms with Gasteiger partial charge in [0.05, 0.1) is 13.2 Å². The molecule has 0 aromatic heterocycles. The molecule has 0 heterocycles. The molecule has 0 saturated carbocycles. The molecule has 21 heavy (non-hydrogen) atoms. The summed E-state index contributed by atoms with van der Waals surface area (Å²) in [6, 6.07) is 4.84. The van der Waals surface area contributed by atoms with E-state index in [0.717, 1.165) is 37.2 Å². The van der Waals surface area contributed by atoms with Crippen LogP contribution in [0.3, 0.4) is 0 Å². The third-order valence-corrected chi connectivity index (χ3v) is 3.33. The van der Waals surface area contributed by atoms with Crippen LogP contribution >= 0.6 is 0 Å². The first-order chi connectivity index (χ1) is 10.2. The molecule has 0 saturated heterocycles. The van der Waals surface area contributed by atoms with Gasteiger partial charge in [-0.05, 0) is 30.2 Å². The second-order valence-corrected chi connectivity index (χ2v) is 5.01. The molecular weight excluding hydrogens is 271 g/mol. The van der Waals surface area contributed by atoms with Crippen molar-refractivity contribution in [3.8, 4) is 0 Å². The molecule has 0 aliphatic heterocycles. The average Bonchev–Trinajstić information content (AvgIpc) is 2.48. The molecule has 0 fully saturated rings. The van der Waals surface area contributed by atoms with Crippen LogP contribution in [0.5, 0.6) is 0 Å². The van der Waals surface area contributed by atoms with Crippen LogP contribution in [0.1, 0.15) is 25.3 Å². The Balaban J connectivity index is 2.80. The van der Waals surface area contributed by atoms with E-state index < -0.39 is 0 Å². The van der Waals surface area contributed by atoms with Crippen molar-refractivity contribution in [3.05, 3.63) is 29.6 Å². The zero-order valence-corrected chi connectivity index (χ0v) is 13.1. The first kappa shape index (κ1) is 17.9. The summed E-state index contributed by atoms with van der Waals surface area (Å²) < 4.78 is 18.5. The van der Waals surface area contributed by atoms with Crippen LogP contribution in [0.2, 0.25) is 0 Å². The van der Waals surface area contributed by atoms with E-state index in [9.17, 15) is 9.50 Å². The maximum Gasteiger partial charge on any atom is 0.123 e. The Morgan fingerprint density at radius 3 is 2.81 bits per heavy atom. The van der Waals surface area contributed by atoms with Gasteiger partial charge in [-0.25, -0.2) is 4.39 Å². The number of aliphatic hydroxyl groups excluding tert-OH is 1. The molecule has 0 aliphatic carbocycles. The predicted molar refractivity (Wildman–Crippen MR) is 84.2 cm³/mol. The highest BCUT2D eigenvalue weighted by molar-refractivity contribution is 5.54. The van der Waals surface area contributed by atoms with Gasteiger partial charge in [0.25, 0.3) is 0 Å². The Bertz CT molecular complexity index is 402. The SMILES string of the molecule is CCCCN(CCO)c1ccc(F)cc1CNCCOC. The van der Waals surface area contributed by atoms with E-state index in [0.29, 0.717) is 19.7 Å².